The lowest BCUT2D eigenvalue weighted by molar-refractivity contribution is -0.112. The molecule has 50 heavy (non-hydrogen) atoms. The number of ether oxygens (including phenoxy) is 1. The SMILES string of the molecule is C=C(C)C(=O)Nc1cc(Nc2ncc(C(=O)N(C)Cc3ccc(F)cc3)c(-c3cn(C)c4ccccc34)n2)c(OC)cc1N1CCN(C)CC1. The maximum absolute atomic E-state index is 14.0. The number of carbonyl (C=O) groups excluding carboxylic acids is 2. The lowest BCUT2D eigenvalue weighted by atomic mass is 10.0. The Labute approximate surface area is 291 Å². The third-order valence-corrected chi connectivity index (χ3v) is 8.90. The number of methoxy groups -OCH3 is 1. The number of fused-ring (bicyclic) bond motifs is 1. The van der Waals surface area contributed by atoms with E-state index in [1.807, 2.05) is 54.2 Å². The fraction of sp³-hybridized carbons (Fsp3) is 0.263. The highest BCUT2D eigenvalue weighted by molar-refractivity contribution is 6.06. The molecule has 2 amide bonds. The van der Waals surface area contributed by atoms with Gasteiger partial charge < -0.3 is 34.6 Å². The number of aromatic nitrogens is 3. The molecular formula is C38H41FN8O3. The molecule has 0 unspecified atom stereocenters. The fourth-order valence-electron chi connectivity index (χ4n) is 6.07. The van der Waals surface area contributed by atoms with Crippen LogP contribution in [-0.4, -0.2) is 83.5 Å². The summed E-state index contributed by atoms with van der Waals surface area (Å²) >= 11 is 0. The van der Waals surface area contributed by atoms with Crippen molar-refractivity contribution in [3.8, 4) is 17.0 Å². The minimum atomic E-state index is -0.339. The molecule has 258 valence electrons. The number of hydrogen-bond donors (Lipinski definition) is 2. The predicted molar refractivity (Wildman–Crippen MR) is 196 cm³/mol. The molecule has 0 radical (unpaired) electrons. The lowest BCUT2D eigenvalue weighted by Gasteiger charge is -2.35. The summed E-state index contributed by atoms with van der Waals surface area (Å²) in [5, 5.41) is 7.23. The Morgan fingerprint density at radius 3 is 2.44 bits per heavy atom. The van der Waals surface area contributed by atoms with Gasteiger partial charge in [0.15, 0.2) is 0 Å². The molecule has 3 aromatic carbocycles. The molecule has 1 aliphatic rings. The number of halogens is 1. The summed E-state index contributed by atoms with van der Waals surface area (Å²) in [6.07, 6.45) is 3.47. The molecule has 0 aliphatic carbocycles. The number of nitrogens with zero attached hydrogens (tertiary/aromatic N) is 6. The first-order chi connectivity index (χ1) is 24.0. The van der Waals surface area contributed by atoms with E-state index in [1.165, 1.54) is 18.3 Å². The van der Waals surface area contributed by atoms with Gasteiger partial charge in [0, 0.05) is 87.3 Å². The predicted octanol–water partition coefficient (Wildman–Crippen LogP) is 6.07. The third-order valence-electron chi connectivity index (χ3n) is 8.90. The maximum atomic E-state index is 14.0. The number of rotatable bonds is 10. The highest BCUT2D eigenvalue weighted by Gasteiger charge is 2.25. The normalized spacial score (nSPS) is 13.3. The molecule has 5 aromatic rings. The zero-order valence-corrected chi connectivity index (χ0v) is 29.0. The lowest BCUT2D eigenvalue weighted by Crippen LogP contribution is -2.44. The van der Waals surface area contributed by atoms with Gasteiger partial charge in [0.05, 0.1) is 35.4 Å². The Kier molecular flexibility index (Phi) is 9.82. The molecule has 6 rings (SSSR count). The summed E-state index contributed by atoms with van der Waals surface area (Å²) in [5.74, 6) is -0.162. The van der Waals surface area contributed by atoms with Crippen LogP contribution in [0.4, 0.5) is 27.4 Å². The minimum absolute atomic E-state index is 0.230. The van der Waals surface area contributed by atoms with Gasteiger partial charge in [0.1, 0.15) is 11.6 Å². The summed E-state index contributed by atoms with van der Waals surface area (Å²) in [6, 6.07) is 17.7. The summed E-state index contributed by atoms with van der Waals surface area (Å²) in [7, 11) is 7.31. The summed E-state index contributed by atoms with van der Waals surface area (Å²) < 4.78 is 21.4. The number of benzene rings is 3. The fourth-order valence-corrected chi connectivity index (χ4v) is 6.07. The number of amides is 2. The maximum Gasteiger partial charge on any atom is 0.257 e. The van der Waals surface area contributed by atoms with E-state index in [4.69, 9.17) is 9.72 Å². The number of carbonyl (C=O) groups is 2. The van der Waals surface area contributed by atoms with Crippen LogP contribution in [0.2, 0.25) is 0 Å². The Morgan fingerprint density at radius 1 is 1.02 bits per heavy atom. The second kappa shape index (κ2) is 14.4. The van der Waals surface area contributed by atoms with Crippen molar-refractivity contribution in [2.75, 3.05) is 62.9 Å². The number of nitrogens with one attached hydrogen (secondary N) is 2. The van der Waals surface area contributed by atoms with E-state index in [0.717, 1.165) is 53.9 Å². The molecule has 0 saturated carbocycles. The van der Waals surface area contributed by atoms with Crippen molar-refractivity contribution in [2.45, 2.75) is 13.5 Å². The topological polar surface area (TPSA) is 108 Å². The van der Waals surface area contributed by atoms with Crippen molar-refractivity contribution in [1.29, 1.82) is 0 Å². The number of aryl methyl sites for hydroxylation is 1. The van der Waals surface area contributed by atoms with Crippen molar-refractivity contribution < 1.29 is 18.7 Å². The van der Waals surface area contributed by atoms with Crippen molar-refractivity contribution in [3.63, 3.8) is 0 Å². The first-order valence-corrected chi connectivity index (χ1v) is 16.3. The molecule has 1 saturated heterocycles. The average molecular weight is 677 g/mol. The molecular weight excluding hydrogens is 635 g/mol. The number of para-hydroxylation sites is 1. The van der Waals surface area contributed by atoms with Gasteiger partial charge in [-0.05, 0) is 43.8 Å². The molecule has 1 aliphatic heterocycles. The number of hydrogen-bond acceptors (Lipinski definition) is 8. The van der Waals surface area contributed by atoms with E-state index < -0.39 is 0 Å². The monoisotopic (exact) mass is 676 g/mol. The van der Waals surface area contributed by atoms with E-state index in [-0.39, 0.29) is 30.1 Å². The van der Waals surface area contributed by atoms with Crippen LogP contribution in [0.5, 0.6) is 5.75 Å². The molecule has 2 N–H and O–H groups in total. The average Bonchev–Trinajstić information content (AvgIpc) is 3.45. The van der Waals surface area contributed by atoms with E-state index in [0.29, 0.717) is 34.0 Å². The third kappa shape index (κ3) is 7.15. The van der Waals surface area contributed by atoms with Gasteiger partial charge in [-0.1, -0.05) is 36.9 Å². The van der Waals surface area contributed by atoms with Gasteiger partial charge in [-0.25, -0.2) is 14.4 Å². The van der Waals surface area contributed by atoms with Gasteiger partial charge >= 0.3 is 0 Å². The molecule has 0 bridgehead atoms. The second-order valence-corrected chi connectivity index (χ2v) is 12.6. The van der Waals surface area contributed by atoms with E-state index in [9.17, 15) is 14.0 Å². The van der Waals surface area contributed by atoms with Gasteiger partial charge in [0.2, 0.25) is 5.95 Å². The Hall–Kier alpha value is -5.75. The van der Waals surface area contributed by atoms with Crippen molar-refractivity contribution in [3.05, 3.63) is 102 Å². The van der Waals surface area contributed by atoms with Gasteiger partial charge in [-0.2, -0.15) is 0 Å². The first-order valence-electron chi connectivity index (χ1n) is 16.3. The van der Waals surface area contributed by atoms with Crippen molar-refractivity contribution in [1.82, 2.24) is 24.3 Å². The van der Waals surface area contributed by atoms with Crippen LogP contribution in [0.15, 0.2) is 85.2 Å². The van der Waals surface area contributed by atoms with Crippen LogP contribution in [0.25, 0.3) is 22.2 Å². The number of piperazine rings is 1. The van der Waals surface area contributed by atoms with Crippen molar-refractivity contribution in [2.24, 2.45) is 7.05 Å². The van der Waals surface area contributed by atoms with E-state index >= 15 is 0 Å². The van der Waals surface area contributed by atoms with Crippen molar-refractivity contribution >= 4 is 45.7 Å². The van der Waals surface area contributed by atoms with E-state index in [2.05, 4.69) is 39.0 Å². The summed E-state index contributed by atoms with van der Waals surface area (Å²) in [4.78, 5) is 42.4. The largest absolute Gasteiger partial charge is 0.494 e. The Morgan fingerprint density at radius 2 is 1.74 bits per heavy atom. The summed E-state index contributed by atoms with van der Waals surface area (Å²) in [5.41, 5.74) is 5.61. The molecule has 0 spiro atoms. The molecule has 11 nitrogen and oxygen atoms in total. The Bertz CT molecular complexity index is 2070. The van der Waals surface area contributed by atoms with Gasteiger partial charge in [-0.15, -0.1) is 0 Å². The minimum Gasteiger partial charge on any atom is -0.494 e. The molecule has 0 atom stereocenters. The van der Waals surface area contributed by atoms with Gasteiger partial charge in [-0.3, -0.25) is 9.59 Å². The zero-order chi connectivity index (χ0) is 35.5. The quantitative estimate of drug-likeness (QED) is 0.172. The second-order valence-electron chi connectivity index (χ2n) is 12.6. The van der Waals surface area contributed by atoms with Crippen LogP contribution >= 0.6 is 0 Å². The molecule has 12 heteroatoms. The summed E-state index contributed by atoms with van der Waals surface area (Å²) in [6.45, 7) is 9.07. The first kappa shape index (κ1) is 34.1. The van der Waals surface area contributed by atoms with Crippen LogP contribution in [0, 0.1) is 5.82 Å². The molecule has 3 heterocycles. The zero-order valence-electron chi connectivity index (χ0n) is 29.0. The highest BCUT2D eigenvalue weighted by Crippen LogP contribution is 2.39. The molecule has 1 fully saturated rings. The van der Waals surface area contributed by atoms with E-state index in [1.54, 1.807) is 38.1 Å². The Balaban J connectivity index is 1.41. The smallest absolute Gasteiger partial charge is 0.257 e. The highest BCUT2D eigenvalue weighted by atomic mass is 19.1. The number of likely N-dealkylation sites (N-methyl/N-ethyl adjacent to an activating group) is 1. The number of anilines is 4. The van der Waals surface area contributed by atoms with Crippen LogP contribution in [-0.2, 0) is 18.4 Å². The van der Waals surface area contributed by atoms with Crippen LogP contribution in [0.3, 0.4) is 0 Å². The molecule has 2 aromatic heterocycles. The van der Waals surface area contributed by atoms with Crippen LogP contribution in [0.1, 0.15) is 22.8 Å². The van der Waals surface area contributed by atoms with Gasteiger partial charge in [0.25, 0.3) is 11.8 Å². The standard InChI is InChI=1S/C38H41FN8O3/c1-24(2)36(48)41-30-19-31(34(50-6)20-33(30)47-17-15-44(3)16-18-47)42-38-40-21-28(37(49)46(5)22-25-11-13-26(39)14-12-25)35(43-38)29-23-45(4)32-10-8-7-9-27(29)32/h7-14,19-21,23H,1,15-18,22H2,2-6H3,(H,41,48)(H,40,42,43). The van der Waals surface area contributed by atoms with Crippen LogP contribution < -0.4 is 20.3 Å².